The van der Waals surface area contributed by atoms with Gasteiger partial charge in [0.25, 0.3) is 0 Å². The Hall–Kier alpha value is -0.210. The Kier molecular flexibility index (Phi) is 42.2. The van der Waals surface area contributed by atoms with Crippen LogP contribution in [-0.2, 0) is 25.7 Å². The fourth-order valence-corrected chi connectivity index (χ4v) is 7.88. The molecule has 0 saturated heterocycles. The molecule has 0 aromatic heterocycles. The first-order valence-electron chi connectivity index (χ1n) is 23.5. The third-order valence-corrected chi connectivity index (χ3v) is 12.0. The predicted molar refractivity (Wildman–Crippen MR) is 241 cm³/mol. The first-order valence-corrected chi connectivity index (χ1v) is 23.5. The third kappa shape index (κ3) is 30.8. The molecule has 0 saturated carbocycles. The standard InChI is InChI=1S/C54H84.4Li/c1-5-7-9-11-13-15-17-19-21-23-25-49-35-39-51(40-36-49)31-27-47(3)29-33-53-43-45-54(46-44-53)34-30-48(4)28-32-52-41-37-50(38-42-52)26-24-22-20-18-16-14-12-10-8-6-2;;;;/h31-32,35-48H,5-30,33-34H2,1-4H3;;;;/q-2;4*+1. The van der Waals surface area contributed by atoms with E-state index in [4.69, 9.17) is 0 Å². The molecule has 2 atom stereocenters. The third-order valence-electron chi connectivity index (χ3n) is 12.0. The molecule has 0 spiro atoms. The summed E-state index contributed by atoms with van der Waals surface area (Å²) in [6, 6.07) is 28.3. The Balaban J connectivity index is 0. The van der Waals surface area contributed by atoms with Crippen LogP contribution >= 0.6 is 0 Å². The van der Waals surface area contributed by atoms with Gasteiger partial charge in [0.1, 0.15) is 0 Å². The fraction of sp³-hybridized carbons (Fsp3) is 0.630. The Bertz CT molecular complexity index is 1170. The van der Waals surface area contributed by atoms with Gasteiger partial charge >= 0.3 is 75.4 Å². The largest absolute Gasteiger partial charge is 1.00 e. The van der Waals surface area contributed by atoms with E-state index in [9.17, 15) is 0 Å². The Morgan fingerprint density at radius 3 is 0.862 bits per heavy atom. The summed E-state index contributed by atoms with van der Waals surface area (Å²) in [5, 5.41) is 0. The van der Waals surface area contributed by atoms with Gasteiger partial charge in [0.05, 0.1) is 0 Å². The van der Waals surface area contributed by atoms with Gasteiger partial charge in [0.15, 0.2) is 0 Å². The number of aryl methyl sites for hydroxylation is 4. The van der Waals surface area contributed by atoms with Crippen molar-refractivity contribution < 1.29 is 75.4 Å². The van der Waals surface area contributed by atoms with E-state index in [1.807, 2.05) is 0 Å². The van der Waals surface area contributed by atoms with Gasteiger partial charge in [-0.2, -0.15) is 48.2 Å². The summed E-state index contributed by atoms with van der Waals surface area (Å²) >= 11 is 0. The van der Waals surface area contributed by atoms with Crippen molar-refractivity contribution in [3.63, 3.8) is 0 Å². The van der Waals surface area contributed by atoms with Gasteiger partial charge < -0.3 is 0 Å². The van der Waals surface area contributed by atoms with E-state index < -0.39 is 0 Å². The van der Waals surface area contributed by atoms with Crippen molar-refractivity contribution in [3.8, 4) is 0 Å². The molecule has 0 nitrogen and oxygen atoms in total. The second-order valence-corrected chi connectivity index (χ2v) is 17.3. The van der Waals surface area contributed by atoms with Gasteiger partial charge in [-0.25, -0.2) is 0 Å². The molecule has 0 aliphatic heterocycles. The minimum absolute atomic E-state index is 0. The normalized spacial score (nSPS) is 11.7. The molecule has 0 fully saturated rings. The average molecular weight is 761 g/mol. The molecule has 0 amide bonds. The Morgan fingerprint density at radius 2 is 0.569 bits per heavy atom. The molecule has 0 aliphatic rings. The van der Waals surface area contributed by atoms with Gasteiger partial charge in [-0.15, -0.1) is 24.3 Å². The van der Waals surface area contributed by atoms with Crippen LogP contribution in [0.25, 0.3) is 0 Å². The number of benzene rings is 3. The molecule has 3 aromatic rings. The van der Waals surface area contributed by atoms with Crippen LogP contribution in [0.3, 0.4) is 0 Å². The second kappa shape index (κ2) is 40.8. The zero-order valence-corrected chi connectivity index (χ0v) is 40.0. The monoisotopic (exact) mass is 761 g/mol. The molecule has 2 unspecified atom stereocenters. The number of rotatable bonds is 34. The van der Waals surface area contributed by atoms with E-state index in [-0.39, 0.29) is 75.4 Å². The first kappa shape index (κ1) is 59.9. The summed E-state index contributed by atoms with van der Waals surface area (Å²) in [5.41, 5.74) is 8.76. The number of hydrogen-bond donors (Lipinski definition) is 0. The van der Waals surface area contributed by atoms with E-state index >= 15 is 0 Å². The van der Waals surface area contributed by atoms with Gasteiger partial charge in [0, 0.05) is 0 Å². The average Bonchev–Trinajstić information content (AvgIpc) is 3.20. The van der Waals surface area contributed by atoms with Crippen molar-refractivity contribution >= 4 is 0 Å². The summed E-state index contributed by atoms with van der Waals surface area (Å²) in [7, 11) is 0. The van der Waals surface area contributed by atoms with Crippen molar-refractivity contribution in [2.75, 3.05) is 0 Å². The van der Waals surface area contributed by atoms with Crippen LogP contribution in [0.5, 0.6) is 0 Å². The summed E-state index contributed by atoms with van der Waals surface area (Å²) in [5.74, 6) is 1.41. The van der Waals surface area contributed by atoms with Crippen LogP contribution < -0.4 is 75.4 Å². The Labute approximate surface area is 410 Å². The fourth-order valence-electron chi connectivity index (χ4n) is 7.88. The van der Waals surface area contributed by atoms with Crippen LogP contribution in [-0.4, -0.2) is 0 Å². The Morgan fingerprint density at radius 1 is 0.328 bits per heavy atom. The van der Waals surface area contributed by atoms with E-state index in [1.165, 1.54) is 200 Å². The van der Waals surface area contributed by atoms with Crippen molar-refractivity contribution in [2.24, 2.45) is 11.8 Å². The van der Waals surface area contributed by atoms with E-state index in [0.29, 0.717) is 11.8 Å². The molecule has 3 aromatic carbocycles. The predicted octanol–water partition coefficient (Wildman–Crippen LogP) is 5.05. The minimum atomic E-state index is 0. The summed E-state index contributed by atoms with van der Waals surface area (Å²) in [6.45, 7) is 9.43. The summed E-state index contributed by atoms with van der Waals surface area (Å²) in [6.07, 6.45) is 42.7. The molecule has 4 heteroatoms. The second-order valence-electron chi connectivity index (χ2n) is 17.3. The van der Waals surface area contributed by atoms with E-state index in [2.05, 4.69) is 113 Å². The van der Waals surface area contributed by atoms with Crippen molar-refractivity contribution in [3.05, 3.63) is 119 Å². The van der Waals surface area contributed by atoms with E-state index in [1.54, 1.807) is 0 Å². The summed E-state index contributed by atoms with van der Waals surface area (Å²) in [4.78, 5) is 0. The molecule has 0 heterocycles. The van der Waals surface area contributed by atoms with Gasteiger partial charge in [-0.1, -0.05) is 203 Å². The van der Waals surface area contributed by atoms with Crippen LogP contribution in [0.1, 0.15) is 215 Å². The quantitative estimate of drug-likeness (QED) is 0.0455. The van der Waals surface area contributed by atoms with E-state index in [0.717, 1.165) is 12.8 Å². The molecule has 3 rings (SSSR count). The maximum Gasteiger partial charge on any atom is 1.00 e. The first-order chi connectivity index (χ1) is 26.6. The zero-order valence-electron chi connectivity index (χ0n) is 40.0. The van der Waals surface area contributed by atoms with Gasteiger partial charge in [0.2, 0.25) is 0 Å². The number of hydrogen-bond acceptors (Lipinski definition) is 0. The molecular weight excluding hydrogens is 676 g/mol. The van der Waals surface area contributed by atoms with Crippen LogP contribution in [0.15, 0.2) is 72.8 Å². The molecule has 302 valence electrons. The topological polar surface area (TPSA) is 0 Å². The molecule has 0 bridgehead atoms. The van der Waals surface area contributed by atoms with Crippen LogP contribution in [0.2, 0.25) is 0 Å². The molecule has 58 heavy (non-hydrogen) atoms. The van der Waals surface area contributed by atoms with Crippen LogP contribution in [0.4, 0.5) is 0 Å². The van der Waals surface area contributed by atoms with Crippen molar-refractivity contribution in [2.45, 2.75) is 207 Å². The van der Waals surface area contributed by atoms with Crippen LogP contribution in [0, 0.1) is 24.7 Å². The minimum Gasteiger partial charge on any atom is -0.192 e. The molecule has 0 N–H and O–H groups in total. The summed E-state index contributed by atoms with van der Waals surface area (Å²) < 4.78 is 0. The number of unbranched alkanes of at least 4 members (excludes halogenated alkanes) is 18. The van der Waals surface area contributed by atoms with Gasteiger partial charge in [-0.05, 0) is 62.5 Å². The SMILES string of the molecule is CCCCCCCCCCCCc1ccc([CH-]CC(C)CCc2ccc(CCC(C)C[CH-]c3ccc(CCCCCCCCCCCC)cc3)cc2)cc1.[Li+].[Li+].[Li+].[Li+]. The van der Waals surface area contributed by atoms with Gasteiger partial charge in [-0.3, -0.25) is 0 Å². The maximum absolute atomic E-state index is 2.45. The molecular formula is C54H84Li4+2. The maximum atomic E-state index is 2.45. The molecule has 0 radical (unpaired) electrons. The van der Waals surface area contributed by atoms with Crippen molar-refractivity contribution in [1.29, 1.82) is 0 Å². The smallest absolute Gasteiger partial charge is 0.192 e. The zero-order chi connectivity index (χ0) is 38.3. The molecule has 0 aliphatic carbocycles. The van der Waals surface area contributed by atoms with Crippen molar-refractivity contribution in [1.82, 2.24) is 0 Å².